The fraction of sp³-hybridized carbons (Fsp3) is 0.750. The molecule has 14 heteroatoms. The first kappa shape index (κ1) is 18.8. The Kier molecular flexibility index (Phi) is 5.29. The third-order valence-electron chi connectivity index (χ3n) is 4.47. The molecule has 0 spiro atoms. The molecule has 0 saturated carbocycles. The maximum Gasteiger partial charge on any atom is 0.418 e. The van der Waals surface area contributed by atoms with Gasteiger partial charge in [-0.05, 0) is 12.8 Å². The van der Waals surface area contributed by atoms with Crippen molar-refractivity contribution < 1.29 is 31.6 Å². The van der Waals surface area contributed by atoms with Gasteiger partial charge < -0.3 is 15.5 Å². The van der Waals surface area contributed by atoms with Crippen molar-refractivity contribution in [3.05, 3.63) is 0 Å². The Morgan fingerprint density at radius 2 is 1.92 bits per heavy atom. The maximum absolute atomic E-state index is 12.3. The Labute approximate surface area is 149 Å². The third-order valence-corrected chi connectivity index (χ3v) is 4.82. The number of hydrazine groups is 1. The van der Waals surface area contributed by atoms with Crippen molar-refractivity contribution in [1.29, 1.82) is 0 Å². The van der Waals surface area contributed by atoms with Gasteiger partial charge in [0.2, 0.25) is 0 Å². The minimum atomic E-state index is -4.84. The van der Waals surface area contributed by atoms with Crippen LogP contribution in [0, 0.1) is 0 Å². The first-order valence-electron chi connectivity index (χ1n) is 8.07. The van der Waals surface area contributed by atoms with Crippen molar-refractivity contribution in [2.45, 2.75) is 31.0 Å². The topological polar surface area (TPSA) is 169 Å². The summed E-state index contributed by atoms with van der Waals surface area (Å²) in [6.07, 6.45) is 0.560. The zero-order valence-electron chi connectivity index (χ0n) is 13.7. The molecule has 0 aromatic heterocycles. The minimum absolute atomic E-state index is 0.0779. The Morgan fingerprint density at radius 1 is 1.19 bits per heavy atom. The second-order valence-electron chi connectivity index (χ2n) is 6.20. The number of hydroxylamine groups is 2. The van der Waals surface area contributed by atoms with Crippen molar-refractivity contribution >= 4 is 28.2 Å². The molecule has 146 valence electrons. The van der Waals surface area contributed by atoms with Gasteiger partial charge in [-0.3, -0.25) is 25.0 Å². The average Bonchev–Trinajstić information content (AvgIpc) is 2.84. The van der Waals surface area contributed by atoms with Crippen molar-refractivity contribution in [2.24, 2.45) is 0 Å². The summed E-state index contributed by atoms with van der Waals surface area (Å²) in [6.45, 7) is 1.88. The SMILES string of the molecule is O=C(NNC(=O)[C@@H]1CC[C@H]2CN1C(=O)N2OS(=O)(=O)O)[C@@H]1CNCCN1. The highest BCUT2D eigenvalue weighted by molar-refractivity contribution is 7.80. The molecule has 0 aliphatic carbocycles. The number of carbonyl (C=O) groups is 3. The van der Waals surface area contributed by atoms with E-state index < -0.39 is 46.4 Å². The van der Waals surface area contributed by atoms with E-state index in [-0.39, 0.29) is 13.0 Å². The molecule has 3 heterocycles. The molecular weight excluding hydrogens is 372 g/mol. The third kappa shape index (κ3) is 4.04. The van der Waals surface area contributed by atoms with E-state index in [1.165, 1.54) is 0 Å². The molecule has 4 amide bonds. The molecule has 3 rings (SSSR count). The highest BCUT2D eigenvalue weighted by Gasteiger charge is 2.49. The number of urea groups is 1. The van der Waals surface area contributed by atoms with Gasteiger partial charge in [-0.25, -0.2) is 4.79 Å². The molecular formula is C12H20N6O7S. The first-order chi connectivity index (χ1) is 12.3. The highest BCUT2D eigenvalue weighted by Crippen LogP contribution is 2.30. The van der Waals surface area contributed by atoms with Gasteiger partial charge in [0, 0.05) is 26.2 Å². The number of piperazine rings is 1. The van der Waals surface area contributed by atoms with E-state index in [1.807, 2.05) is 0 Å². The molecule has 26 heavy (non-hydrogen) atoms. The lowest BCUT2D eigenvalue weighted by molar-refractivity contribution is -0.132. The van der Waals surface area contributed by atoms with Crippen LogP contribution >= 0.6 is 0 Å². The first-order valence-corrected chi connectivity index (χ1v) is 9.43. The van der Waals surface area contributed by atoms with Crippen molar-refractivity contribution in [1.82, 2.24) is 31.4 Å². The van der Waals surface area contributed by atoms with Crippen LogP contribution in [0.2, 0.25) is 0 Å². The normalized spacial score (nSPS) is 28.8. The van der Waals surface area contributed by atoms with Gasteiger partial charge in [0.15, 0.2) is 0 Å². The van der Waals surface area contributed by atoms with E-state index in [9.17, 15) is 22.8 Å². The van der Waals surface area contributed by atoms with Crippen LogP contribution in [0.3, 0.4) is 0 Å². The van der Waals surface area contributed by atoms with Crippen molar-refractivity contribution in [3.63, 3.8) is 0 Å². The molecule has 3 aliphatic rings. The molecule has 3 saturated heterocycles. The Balaban J connectivity index is 1.56. The number of nitrogens with one attached hydrogen (secondary N) is 4. The molecule has 3 aliphatic heterocycles. The molecule has 0 radical (unpaired) electrons. The quantitative estimate of drug-likeness (QED) is 0.243. The number of carbonyl (C=O) groups excluding carboxylic acids is 3. The van der Waals surface area contributed by atoms with Crippen LogP contribution in [-0.4, -0.2) is 85.1 Å². The summed E-state index contributed by atoms with van der Waals surface area (Å²) in [6, 6.07) is -2.78. The molecule has 13 nitrogen and oxygen atoms in total. The number of rotatable bonds is 4. The summed E-state index contributed by atoms with van der Waals surface area (Å²) >= 11 is 0. The predicted octanol–water partition coefficient (Wildman–Crippen LogP) is -3.30. The van der Waals surface area contributed by atoms with E-state index >= 15 is 0 Å². The van der Waals surface area contributed by atoms with E-state index in [2.05, 4.69) is 25.8 Å². The fourth-order valence-electron chi connectivity index (χ4n) is 3.24. The van der Waals surface area contributed by atoms with Crippen molar-refractivity contribution in [3.8, 4) is 0 Å². The van der Waals surface area contributed by atoms with Crippen LogP contribution in [0.1, 0.15) is 12.8 Å². The van der Waals surface area contributed by atoms with E-state index in [0.717, 1.165) is 11.4 Å². The lowest BCUT2D eigenvalue weighted by Gasteiger charge is -2.29. The average molecular weight is 392 g/mol. The minimum Gasteiger partial charge on any atom is -0.313 e. The number of hydrogen-bond acceptors (Lipinski definition) is 8. The van der Waals surface area contributed by atoms with Crippen LogP contribution < -0.4 is 21.5 Å². The maximum atomic E-state index is 12.3. The van der Waals surface area contributed by atoms with Crippen LogP contribution in [-0.2, 0) is 24.3 Å². The molecule has 0 aromatic carbocycles. The molecule has 0 unspecified atom stereocenters. The molecule has 2 bridgehead atoms. The highest BCUT2D eigenvalue weighted by atomic mass is 32.3. The lowest BCUT2D eigenvalue weighted by Crippen LogP contribution is -2.60. The largest absolute Gasteiger partial charge is 0.418 e. The molecule has 0 aromatic rings. The van der Waals surface area contributed by atoms with Crippen LogP contribution in [0.4, 0.5) is 4.79 Å². The lowest BCUT2D eigenvalue weighted by atomic mass is 10.0. The van der Waals surface area contributed by atoms with Crippen LogP contribution in [0.5, 0.6) is 0 Å². The van der Waals surface area contributed by atoms with Gasteiger partial charge in [0.1, 0.15) is 12.1 Å². The van der Waals surface area contributed by atoms with E-state index in [4.69, 9.17) is 4.55 Å². The smallest absolute Gasteiger partial charge is 0.313 e. The van der Waals surface area contributed by atoms with E-state index in [1.54, 1.807) is 0 Å². The van der Waals surface area contributed by atoms with Crippen LogP contribution in [0.25, 0.3) is 0 Å². The molecule has 3 atom stereocenters. The Bertz CT molecular complexity index is 694. The van der Waals surface area contributed by atoms with Gasteiger partial charge in [-0.15, -0.1) is 4.28 Å². The monoisotopic (exact) mass is 392 g/mol. The second-order valence-corrected chi connectivity index (χ2v) is 7.20. The van der Waals surface area contributed by atoms with E-state index in [0.29, 0.717) is 24.6 Å². The summed E-state index contributed by atoms with van der Waals surface area (Å²) in [5.74, 6) is -1.01. The number of piperidine rings is 1. The van der Waals surface area contributed by atoms with Gasteiger partial charge >= 0.3 is 16.4 Å². The Hall–Kier alpha value is -2.00. The van der Waals surface area contributed by atoms with Gasteiger partial charge in [0.05, 0.1) is 6.04 Å². The van der Waals surface area contributed by atoms with Gasteiger partial charge in [-0.1, -0.05) is 0 Å². The van der Waals surface area contributed by atoms with Gasteiger partial charge in [-0.2, -0.15) is 13.5 Å². The zero-order chi connectivity index (χ0) is 18.9. The van der Waals surface area contributed by atoms with Crippen LogP contribution in [0.15, 0.2) is 0 Å². The number of hydrogen-bond donors (Lipinski definition) is 5. The fourth-order valence-corrected chi connectivity index (χ4v) is 3.62. The summed E-state index contributed by atoms with van der Waals surface area (Å²) in [4.78, 5) is 37.7. The summed E-state index contributed by atoms with van der Waals surface area (Å²) < 4.78 is 34.7. The second kappa shape index (κ2) is 7.32. The predicted molar refractivity (Wildman–Crippen MR) is 84.3 cm³/mol. The number of fused-ring (bicyclic) bond motifs is 2. The summed E-state index contributed by atoms with van der Waals surface area (Å²) in [5, 5.41) is 6.58. The van der Waals surface area contributed by atoms with Gasteiger partial charge in [0.25, 0.3) is 11.8 Å². The Morgan fingerprint density at radius 3 is 2.58 bits per heavy atom. The summed E-state index contributed by atoms with van der Waals surface area (Å²) in [7, 11) is -4.84. The number of nitrogens with zero attached hydrogens (tertiary/aromatic N) is 2. The number of amides is 4. The van der Waals surface area contributed by atoms with Crippen molar-refractivity contribution in [2.75, 3.05) is 26.2 Å². The zero-order valence-corrected chi connectivity index (χ0v) is 14.5. The molecule has 5 N–H and O–H groups in total. The standard InChI is InChI=1S/C12H20N6O7S/c19-10(8-5-13-3-4-14-8)15-16-11(20)9-2-1-7-6-17(9)12(21)18(7)25-26(22,23)24/h7-9,13-14H,1-6H2,(H,15,19)(H,16,20)(H,22,23,24)/t7-,8-,9-/m0/s1. The molecule has 3 fully saturated rings. The summed E-state index contributed by atoms with van der Waals surface area (Å²) in [5.41, 5.74) is 4.60.